The maximum atomic E-state index is 12.0. The quantitative estimate of drug-likeness (QED) is 0.898. The van der Waals surface area contributed by atoms with Crippen molar-refractivity contribution in [1.82, 2.24) is 9.97 Å². The van der Waals surface area contributed by atoms with E-state index in [2.05, 4.69) is 15.3 Å². The first-order chi connectivity index (χ1) is 9.24. The molecule has 0 aromatic carbocycles. The van der Waals surface area contributed by atoms with Crippen molar-refractivity contribution < 1.29 is 9.53 Å². The maximum Gasteiger partial charge on any atom is 0.262 e. The van der Waals surface area contributed by atoms with E-state index in [0.29, 0.717) is 16.9 Å². The number of carbonyl (C=O) groups is 1. The summed E-state index contributed by atoms with van der Waals surface area (Å²) >= 11 is 0. The van der Waals surface area contributed by atoms with Crippen LogP contribution in [0.3, 0.4) is 0 Å². The van der Waals surface area contributed by atoms with Gasteiger partial charge in [0.1, 0.15) is 17.5 Å². The van der Waals surface area contributed by atoms with Gasteiger partial charge < -0.3 is 10.1 Å². The third-order valence-corrected chi connectivity index (χ3v) is 2.34. The van der Waals surface area contributed by atoms with Gasteiger partial charge in [-0.15, -0.1) is 0 Å². The molecular formula is C13H10N4O2. The van der Waals surface area contributed by atoms with E-state index < -0.39 is 0 Å². The Morgan fingerprint density at radius 1 is 1.37 bits per heavy atom. The minimum absolute atomic E-state index is 0.244. The SMILES string of the molecule is COc1ncccc1C(=O)Nc1ccc(C#N)cn1. The molecule has 0 aliphatic heterocycles. The highest BCUT2D eigenvalue weighted by atomic mass is 16.5. The van der Waals surface area contributed by atoms with Crippen LogP contribution in [-0.2, 0) is 0 Å². The van der Waals surface area contributed by atoms with E-state index in [4.69, 9.17) is 10.00 Å². The van der Waals surface area contributed by atoms with Crippen LogP contribution in [0, 0.1) is 11.3 Å². The molecule has 1 amide bonds. The average Bonchev–Trinajstić information content (AvgIpc) is 2.48. The van der Waals surface area contributed by atoms with Crippen molar-refractivity contribution in [3.63, 3.8) is 0 Å². The molecule has 0 saturated heterocycles. The predicted molar refractivity (Wildman–Crippen MR) is 67.7 cm³/mol. The molecule has 2 heterocycles. The molecule has 0 fully saturated rings. The number of methoxy groups -OCH3 is 1. The molecule has 2 aromatic heterocycles. The Morgan fingerprint density at radius 3 is 2.84 bits per heavy atom. The van der Waals surface area contributed by atoms with Gasteiger partial charge in [0, 0.05) is 12.4 Å². The Morgan fingerprint density at radius 2 is 2.21 bits per heavy atom. The summed E-state index contributed by atoms with van der Waals surface area (Å²) < 4.78 is 5.01. The second kappa shape index (κ2) is 5.60. The van der Waals surface area contributed by atoms with Crippen molar-refractivity contribution in [3.8, 4) is 11.9 Å². The number of nitrogens with one attached hydrogen (secondary N) is 1. The van der Waals surface area contributed by atoms with Crippen LogP contribution in [0.1, 0.15) is 15.9 Å². The Kier molecular flexibility index (Phi) is 3.69. The van der Waals surface area contributed by atoms with E-state index in [0.717, 1.165) is 0 Å². The van der Waals surface area contributed by atoms with E-state index in [9.17, 15) is 4.79 Å². The fourth-order valence-corrected chi connectivity index (χ4v) is 1.44. The summed E-state index contributed by atoms with van der Waals surface area (Å²) in [4.78, 5) is 19.9. The van der Waals surface area contributed by atoms with Crippen molar-refractivity contribution in [2.45, 2.75) is 0 Å². The summed E-state index contributed by atoms with van der Waals surface area (Å²) in [7, 11) is 1.44. The molecule has 0 atom stereocenters. The largest absolute Gasteiger partial charge is 0.480 e. The molecule has 6 heteroatoms. The van der Waals surface area contributed by atoms with Gasteiger partial charge in [0.05, 0.1) is 12.7 Å². The molecule has 2 aromatic rings. The Hall–Kier alpha value is -2.94. The monoisotopic (exact) mass is 254 g/mol. The second-order valence-corrected chi connectivity index (χ2v) is 3.56. The molecular weight excluding hydrogens is 244 g/mol. The first-order valence-electron chi connectivity index (χ1n) is 5.41. The zero-order valence-corrected chi connectivity index (χ0v) is 10.1. The van der Waals surface area contributed by atoms with Gasteiger partial charge in [-0.2, -0.15) is 5.26 Å². The van der Waals surface area contributed by atoms with Crippen molar-refractivity contribution in [1.29, 1.82) is 5.26 Å². The lowest BCUT2D eigenvalue weighted by Gasteiger charge is -2.07. The number of nitriles is 1. The van der Waals surface area contributed by atoms with E-state index in [1.54, 1.807) is 24.3 Å². The molecule has 2 rings (SSSR count). The minimum atomic E-state index is -0.373. The van der Waals surface area contributed by atoms with Crippen molar-refractivity contribution in [2.24, 2.45) is 0 Å². The summed E-state index contributed by atoms with van der Waals surface area (Å²) in [5.74, 6) is 0.228. The number of hydrogen-bond donors (Lipinski definition) is 1. The highest BCUT2D eigenvalue weighted by Crippen LogP contribution is 2.15. The summed E-state index contributed by atoms with van der Waals surface area (Å²) in [5, 5.41) is 11.3. The van der Waals surface area contributed by atoms with Crippen molar-refractivity contribution in [3.05, 3.63) is 47.8 Å². The normalized spacial score (nSPS) is 9.47. The first kappa shape index (κ1) is 12.5. The van der Waals surface area contributed by atoms with E-state index in [1.165, 1.54) is 19.5 Å². The summed E-state index contributed by atoms with van der Waals surface area (Å²) in [6.45, 7) is 0. The lowest BCUT2D eigenvalue weighted by molar-refractivity contribution is 0.102. The van der Waals surface area contributed by atoms with Crippen LogP contribution in [0.4, 0.5) is 5.82 Å². The molecule has 0 aliphatic carbocycles. The van der Waals surface area contributed by atoms with Gasteiger partial charge in [0.25, 0.3) is 5.91 Å². The van der Waals surface area contributed by atoms with Crippen LogP contribution in [0.2, 0.25) is 0 Å². The zero-order chi connectivity index (χ0) is 13.7. The van der Waals surface area contributed by atoms with Gasteiger partial charge >= 0.3 is 0 Å². The van der Waals surface area contributed by atoms with Gasteiger partial charge in [0.2, 0.25) is 5.88 Å². The molecule has 0 radical (unpaired) electrons. The van der Waals surface area contributed by atoms with E-state index in [-0.39, 0.29) is 11.8 Å². The first-order valence-corrected chi connectivity index (χ1v) is 5.41. The molecule has 94 valence electrons. The van der Waals surface area contributed by atoms with Gasteiger partial charge in [-0.05, 0) is 24.3 Å². The Balaban J connectivity index is 2.18. The molecule has 19 heavy (non-hydrogen) atoms. The number of carbonyl (C=O) groups excluding carboxylic acids is 1. The highest BCUT2D eigenvalue weighted by molar-refractivity contribution is 6.05. The average molecular weight is 254 g/mol. The van der Waals surface area contributed by atoms with Gasteiger partial charge in [0.15, 0.2) is 0 Å². The fraction of sp³-hybridized carbons (Fsp3) is 0.0769. The second-order valence-electron chi connectivity index (χ2n) is 3.56. The number of aromatic nitrogens is 2. The molecule has 0 aliphatic rings. The minimum Gasteiger partial charge on any atom is -0.480 e. The number of anilines is 1. The van der Waals surface area contributed by atoms with Crippen LogP contribution in [-0.4, -0.2) is 23.0 Å². The molecule has 0 saturated carbocycles. The van der Waals surface area contributed by atoms with Crippen LogP contribution < -0.4 is 10.1 Å². The van der Waals surface area contributed by atoms with Crippen LogP contribution >= 0.6 is 0 Å². The summed E-state index contributed by atoms with van der Waals surface area (Å²) in [6, 6.07) is 8.32. The van der Waals surface area contributed by atoms with E-state index >= 15 is 0 Å². The third kappa shape index (κ3) is 2.84. The maximum absolute atomic E-state index is 12.0. The standard InChI is InChI=1S/C13H10N4O2/c1-19-13-10(3-2-6-15-13)12(18)17-11-5-4-9(7-14)8-16-11/h2-6,8H,1H3,(H,16,17,18). The highest BCUT2D eigenvalue weighted by Gasteiger charge is 2.13. The van der Waals surface area contributed by atoms with Crippen LogP contribution in [0.5, 0.6) is 5.88 Å². The Bertz CT molecular complexity index is 632. The smallest absolute Gasteiger partial charge is 0.262 e. The number of pyridine rings is 2. The van der Waals surface area contributed by atoms with Crippen LogP contribution in [0.15, 0.2) is 36.7 Å². The number of amides is 1. The predicted octanol–water partition coefficient (Wildman–Crippen LogP) is 1.61. The van der Waals surface area contributed by atoms with Gasteiger partial charge in [-0.3, -0.25) is 4.79 Å². The van der Waals surface area contributed by atoms with Crippen LogP contribution in [0.25, 0.3) is 0 Å². The van der Waals surface area contributed by atoms with Crippen molar-refractivity contribution >= 4 is 11.7 Å². The molecule has 6 nitrogen and oxygen atoms in total. The topological polar surface area (TPSA) is 87.9 Å². The van der Waals surface area contributed by atoms with Crippen molar-refractivity contribution in [2.75, 3.05) is 12.4 Å². The zero-order valence-electron chi connectivity index (χ0n) is 10.1. The van der Waals surface area contributed by atoms with Gasteiger partial charge in [-0.25, -0.2) is 9.97 Å². The number of ether oxygens (including phenoxy) is 1. The number of hydrogen-bond acceptors (Lipinski definition) is 5. The molecule has 0 spiro atoms. The van der Waals surface area contributed by atoms with Gasteiger partial charge in [-0.1, -0.05) is 0 Å². The molecule has 1 N–H and O–H groups in total. The fourth-order valence-electron chi connectivity index (χ4n) is 1.44. The molecule has 0 bridgehead atoms. The van der Waals surface area contributed by atoms with E-state index in [1.807, 2.05) is 6.07 Å². The summed E-state index contributed by atoms with van der Waals surface area (Å²) in [5.41, 5.74) is 0.744. The molecule has 0 unspecified atom stereocenters. The lowest BCUT2D eigenvalue weighted by atomic mass is 10.2. The number of rotatable bonds is 3. The Labute approximate surface area is 109 Å². The third-order valence-electron chi connectivity index (χ3n) is 2.34. The lowest BCUT2D eigenvalue weighted by Crippen LogP contribution is -2.14. The number of nitrogens with zero attached hydrogens (tertiary/aromatic N) is 3. The summed E-state index contributed by atoms with van der Waals surface area (Å²) in [6.07, 6.45) is 2.92.